The zero-order chi connectivity index (χ0) is 22.9. The molecule has 0 radical (unpaired) electrons. The molecule has 0 atom stereocenters. The van der Waals surface area contributed by atoms with E-state index in [4.69, 9.17) is 16.3 Å². The first-order valence-corrected chi connectivity index (χ1v) is 11.8. The molecule has 8 nitrogen and oxygen atoms in total. The highest BCUT2D eigenvalue weighted by Crippen LogP contribution is 2.33. The maximum absolute atomic E-state index is 13.0. The van der Waals surface area contributed by atoms with Crippen LogP contribution in [0.5, 0.6) is 0 Å². The molecule has 0 spiro atoms. The van der Waals surface area contributed by atoms with Crippen LogP contribution in [0.3, 0.4) is 0 Å². The molecule has 2 aliphatic heterocycles. The molecule has 0 amide bonds. The second kappa shape index (κ2) is 9.00. The van der Waals surface area contributed by atoms with Crippen molar-refractivity contribution in [2.75, 3.05) is 62.3 Å². The Labute approximate surface area is 188 Å². The third-order valence-electron chi connectivity index (χ3n) is 5.35. The molecule has 2 aliphatic rings. The lowest BCUT2D eigenvalue weighted by molar-refractivity contribution is -0.141. The number of hydrogen-bond donors (Lipinski definition) is 0. The Morgan fingerprint density at radius 3 is 2.22 bits per heavy atom. The Kier molecular flexibility index (Phi) is 6.48. The molecule has 4 heterocycles. The van der Waals surface area contributed by atoms with Crippen molar-refractivity contribution in [3.05, 3.63) is 41.2 Å². The number of piperazine rings is 1. The molecule has 0 N–H and O–H groups in total. The van der Waals surface area contributed by atoms with Gasteiger partial charge < -0.3 is 14.5 Å². The third kappa shape index (κ3) is 4.77. The fraction of sp³-hybridized carbons (Fsp3) is 0.474. The minimum absolute atomic E-state index is 0.00456. The van der Waals surface area contributed by atoms with Crippen molar-refractivity contribution >= 4 is 33.3 Å². The first-order valence-electron chi connectivity index (χ1n) is 9.94. The minimum Gasteiger partial charge on any atom is -0.378 e. The summed E-state index contributed by atoms with van der Waals surface area (Å²) in [5.74, 6) is 0.678. The number of ether oxygens (including phenoxy) is 1. The molecule has 4 rings (SSSR count). The van der Waals surface area contributed by atoms with Crippen LogP contribution in [0.1, 0.15) is 5.69 Å². The summed E-state index contributed by atoms with van der Waals surface area (Å²) in [5, 5.41) is 0.0807. The molecule has 0 aromatic carbocycles. The van der Waals surface area contributed by atoms with E-state index >= 15 is 0 Å². The molecular weight excluding hydrogens is 471 g/mol. The van der Waals surface area contributed by atoms with Crippen LogP contribution in [0.4, 0.5) is 24.8 Å². The van der Waals surface area contributed by atoms with Gasteiger partial charge in [-0.25, -0.2) is 18.4 Å². The average molecular weight is 492 g/mol. The van der Waals surface area contributed by atoms with Crippen LogP contribution >= 0.6 is 11.6 Å². The van der Waals surface area contributed by atoms with E-state index in [1.54, 1.807) is 11.0 Å². The van der Waals surface area contributed by atoms with E-state index in [1.807, 2.05) is 4.90 Å². The van der Waals surface area contributed by atoms with Gasteiger partial charge in [0.15, 0.2) is 0 Å². The van der Waals surface area contributed by atoms with Gasteiger partial charge in [0.25, 0.3) is 0 Å². The first kappa shape index (κ1) is 23.0. The van der Waals surface area contributed by atoms with Crippen LogP contribution in [0.15, 0.2) is 35.4 Å². The summed E-state index contributed by atoms with van der Waals surface area (Å²) in [6.45, 7) is 3.05. The van der Waals surface area contributed by atoms with Crippen molar-refractivity contribution in [3.8, 4) is 0 Å². The number of halogens is 4. The van der Waals surface area contributed by atoms with Gasteiger partial charge in [-0.15, -0.1) is 0 Å². The van der Waals surface area contributed by atoms with Crippen molar-refractivity contribution in [2.24, 2.45) is 0 Å². The van der Waals surface area contributed by atoms with Crippen LogP contribution < -0.4 is 9.80 Å². The van der Waals surface area contributed by atoms with Gasteiger partial charge in [-0.1, -0.05) is 11.6 Å². The summed E-state index contributed by atoms with van der Waals surface area (Å²) in [6, 6.07) is 5.16. The minimum atomic E-state index is -4.59. The molecule has 0 bridgehead atoms. The highest BCUT2D eigenvalue weighted by atomic mass is 35.5. The van der Waals surface area contributed by atoms with Crippen molar-refractivity contribution in [3.63, 3.8) is 0 Å². The topological polar surface area (TPSA) is 78.9 Å². The van der Waals surface area contributed by atoms with Gasteiger partial charge in [0.1, 0.15) is 22.2 Å². The molecular formula is C19H21ClF3N5O3S. The highest BCUT2D eigenvalue weighted by Gasteiger charge is 2.35. The number of aromatic nitrogens is 2. The summed E-state index contributed by atoms with van der Waals surface area (Å²) < 4.78 is 71.6. The van der Waals surface area contributed by atoms with Crippen LogP contribution in [0, 0.1) is 0 Å². The lowest BCUT2D eigenvalue weighted by atomic mass is 10.3. The number of hydrogen-bond acceptors (Lipinski definition) is 7. The number of pyridine rings is 2. The predicted octanol–water partition coefficient (Wildman–Crippen LogP) is 2.50. The zero-order valence-electron chi connectivity index (χ0n) is 16.9. The third-order valence-corrected chi connectivity index (χ3v) is 7.53. The van der Waals surface area contributed by atoms with Crippen LogP contribution in [-0.2, 0) is 20.9 Å². The van der Waals surface area contributed by atoms with Crippen molar-refractivity contribution in [1.82, 2.24) is 14.3 Å². The Morgan fingerprint density at radius 2 is 1.62 bits per heavy atom. The number of nitrogens with zero attached hydrogens (tertiary/aromatic N) is 5. The molecule has 0 saturated carbocycles. The van der Waals surface area contributed by atoms with Gasteiger partial charge in [0.05, 0.1) is 18.2 Å². The van der Waals surface area contributed by atoms with Crippen molar-refractivity contribution in [2.45, 2.75) is 11.1 Å². The van der Waals surface area contributed by atoms with Gasteiger partial charge in [0, 0.05) is 45.5 Å². The number of rotatable bonds is 4. The summed E-state index contributed by atoms with van der Waals surface area (Å²) in [5.41, 5.74) is -1.04. The number of sulfonamides is 1. The molecule has 2 fully saturated rings. The second-order valence-electron chi connectivity index (χ2n) is 7.34. The first-order chi connectivity index (χ1) is 15.2. The van der Waals surface area contributed by atoms with E-state index in [-0.39, 0.29) is 41.9 Å². The standard InChI is InChI=1S/C19H21ClF3N5O3S/c20-15-2-3-16(19(21,22)23)25-18(15)27-5-7-28(8-6-27)32(29,30)14-1-4-17(24-13-14)26-9-11-31-12-10-26/h1-4,13H,5-12H2. The Morgan fingerprint density at radius 1 is 0.938 bits per heavy atom. The summed E-state index contributed by atoms with van der Waals surface area (Å²) in [6.07, 6.45) is -3.26. The predicted molar refractivity (Wildman–Crippen MR) is 112 cm³/mol. The van der Waals surface area contributed by atoms with Crippen molar-refractivity contribution < 1.29 is 26.3 Å². The molecule has 13 heteroatoms. The lowest BCUT2D eigenvalue weighted by Crippen LogP contribution is -2.49. The maximum atomic E-state index is 13.0. The van der Waals surface area contributed by atoms with Crippen LogP contribution in [0.2, 0.25) is 5.02 Å². The quantitative estimate of drug-likeness (QED) is 0.650. The molecule has 2 aromatic rings. The summed E-state index contributed by atoms with van der Waals surface area (Å²) in [7, 11) is -3.79. The highest BCUT2D eigenvalue weighted by molar-refractivity contribution is 7.89. The molecule has 0 unspecified atom stereocenters. The number of anilines is 2. The van der Waals surface area contributed by atoms with E-state index in [1.165, 1.54) is 16.6 Å². The van der Waals surface area contributed by atoms with Gasteiger partial charge in [-0.05, 0) is 24.3 Å². The fourth-order valence-corrected chi connectivity index (χ4v) is 5.20. The van der Waals surface area contributed by atoms with E-state index in [0.29, 0.717) is 32.1 Å². The van der Waals surface area contributed by atoms with Gasteiger partial charge in [-0.2, -0.15) is 17.5 Å². The smallest absolute Gasteiger partial charge is 0.378 e. The van der Waals surface area contributed by atoms with Crippen molar-refractivity contribution in [1.29, 1.82) is 0 Å². The second-order valence-corrected chi connectivity index (χ2v) is 9.69. The molecule has 32 heavy (non-hydrogen) atoms. The number of morpholine rings is 1. The fourth-order valence-electron chi connectivity index (χ4n) is 3.60. The maximum Gasteiger partial charge on any atom is 0.433 e. The van der Waals surface area contributed by atoms with E-state index in [0.717, 1.165) is 12.1 Å². The van der Waals surface area contributed by atoms with E-state index in [9.17, 15) is 21.6 Å². The van der Waals surface area contributed by atoms with E-state index < -0.39 is 21.9 Å². The Balaban J connectivity index is 1.44. The molecule has 2 saturated heterocycles. The SMILES string of the molecule is O=S(=O)(c1ccc(N2CCOCC2)nc1)N1CCN(c2nc(C(F)(F)F)ccc2Cl)CC1. The molecule has 2 aromatic heterocycles. The van der Waals surface area contributed by atoms with Gasteiger partial charge in [0.2, 0.25) is 10.0 Å². The van der Waals surface area contributed by atoms with Gasteiger partial charge in [-0.3, -0.25) is 0 Å². The van der Waals surface area contributed by atoms with Crippen LogP contribution in [0.25, 0.3) is 0 Å². The normalized spacial score (nSPS) is 18.8. The van der Waals surface area contributed by atoms with E-state index in [2.05, 4.69) is 9.97 Å². The zero-order valence-corrected chi connectivity index (χ0v) is 18.5. The molecule has 0 aliphatic carbocycles. The molecule has 174 valence electrons. The average Bonchev–Trinajstić information content (AvgIpc) is 2.79. The largest absolute Gasteiger partial charge is 0.433 e. The van der Waals surface area contributed by atoms with Gasteiger partial charge >= 0.3 is 6.18 Å². The monoisotopic (exact) mass is 491 g/mol. The van der Waals surface area contributed by atoms with Crippen LogP contribution in [-0.4, -0.2) is 75.2 Å². The lowest BCUT2D eigenvalue weighted by Gasteiger charge is -2.35. The summed E-state index contributed by atoms with van der Waals surface area (Å²) >= 11 is 6.06. The number of alkyl halides is 3. The Hall–Kier alpha value is -2.15. The Bertz CT molecular complexity index is 1050. The summed E-state index contributed by atoms with van der Waals surface area (Å²) in [4.78, 5) is 11.6.